The molecule has 1 unspecified atom stereocenters. The summed E-state index contributed by atoms with van der Waals surface area (Å²) in [5, 5.41) is 4.28. The molecule has 1 fully saturated rings. The number of ether oxygens (including phenoxy) is 1. The maximum absolute atomic E-state index is 11.2. The average molecular weight is 194 g/mol. The third-order valence-electron chi connectivity index (χ3n) is 2.52. The second kappa shape index (κ2) is 3.53. The minimum Gasteiger partial charge on any atom is -0.372 e. The predicted octanol–water partition coefficient (Wildman–Crippen LogP) is 1.47. The fourth-order valence-electron chi connectivity index (χ4n) is 1.79. The van der Waals surface area contributed by atoms with E-state index in [9.17, 15) is 4.79 Å². The molecule has 0 bridgehead atoms. The third-order valence-corrected chi connectivity index (χ3v) is 2.52. The number of Topliss-reactive ketones (excluding diaryl/α,β-unsaturated/α-hetero) is 1. The van der Waals surface area contributed by atoms with Gasteiger partial charge in [0.2, 0.25) is 0 Å². The molecule has 0 saturated carbocycles. The Morgan fingerprint density at radius 2 is 2.50 bits per heavy atom. The highest BCUT2D eigenvalue weighted by atomic mass is 16.5. The number of rotatable bonds is 2. The Kier molecular flexibility index (Phi) is 2.37. The lowest BCUT2D eigenvalue weighted by molar-refractivity contribution is 0.100. The number of hydrogen-bond acceptors (Lipinski definition) is 3. The Labute approximate surface area is 82.9 Å². The molecular formula is C10H14N2O2. The fraction of sp³-hybridized carbons (Fsp3) is 0.600. The number of aromatic nitrogens is 2. The van der Waals surface area contributed by atoms with Gasteiger partial charge in [-0.3, -0.25) is 9.48 Å². The predicted molar refractivity (Wildman–Crippen MR) is 51.1 cm³/mol. The number of nitrogens with zero attached hydrogens (tertiary/aromatic N) is 2. The fourth-order valence-corrected chi connectivity index (χ4v) is 1.79. The summed E-state index contributed by atoms with van der Waals surface area (Å²) in [4.78, 5) is 11.2. The number of aryl methyl sites for hydroxylation is 1. The van der Waals surface area contributed by atoms with Crippen LogP contribution in [-0.2, 0) is 11.8 Å². The summed E-state index contributed by atoms with van der Waals surface area (Å²) in [5.41, 5.74) is 1.53. The Hall–Kier alpha value is -1.16. The van der Waals surface area contributed by atoms with Crippen molar-refractivity contribution in [1.29, 1.82) is 0 Å². The summed E-state index contributed by atoms with van der Waals surface area (Å²) in [6.07, 6.45) is 2.18. The van der Waals surface area contributed by atoms with Gasteiger partial charge in [-0.1, -0.05) is 0 Å². The number of carbonyl (C=O) groups excluding carboxylic acids is 1. The van der Waals surface area contributed by atoms with Crippen LogP contribution in [0.4, 0.5) is 0 Å². The van der Waals surface area contributed by atoms with Gasteiger partial charge in [0, 0.05) is 20.6 Å². The first-order valence-electron chi connectivity index (χ1n) is 4.85. The van der Waals surface area contributed by atoms with E-state index in [1.165, 1.54) is 0 Å². The first kappa shape index (κ1) is 9.40. The number of carbonyl (C=O) groups is 1. The summed E-state index contributed by atoms with van der Waals surface area (Å²) < 4.78 is 7.12. The van der Waals surface area contributed by atoms with Crippen molar-refractivity contribution in [3.8, 4) is 0 Å². The topological polar surface area (TPSA) is 44.1 Å². The van der Waals surface area contributed by atoms with Crippen LogP contribution in [0.2, 0.25) is 0 Å². The van der Waals surface area contributed by atoms with Crippen LogP contribution in [0.25, 0.3) is 0 Å². The van der Waals surface area contributed by atoms with Crippen LogP contribution in [-0.4, -0.2) is 22.2 Å². The number of hydrogen-bond donors (Lipinski definition) is 0. The van der Waals surface area contributed by atoms with E-state index in [0.717, 1.165) is 25.1 Å². The molecule has 76 valence electrons. The van der Waals surface area contributed by atoms with Crippen molar-refractivity contribution < 1.29 is 9.53 Å². The van der Waals surface area contributed by atoms with Gasteiger partial charge in [0.1, 0.15) is 11.8 Å². The molecule has 2 rings (SSSR count). The van der Waals surface area contributed by atoms with Crippen molar-refractivity contribution in [3.05, 3.63) is 17.5 Å². The lowest BCUT2D eigenvalue weighted by atomic mass is 10.1. The first-order chi connectivity index (χ1) is 6.68. The van der Waals surface area contributed by atoms with Crippen LogP contribution in [0.5, 0.6) is 0 Å². The van der Waals surface area contributed by atoms with Gasteiger partial charge in [-0.2, -0.15) is 5.10 Å². The summed E-state index contributed by atoms with van der Waals surface area (Å²) in [6.45, 7) is 2.35. The van der Waals surface area contributed by atoms with Crippen LogP contribution >= 0.6 is 0 Å². The van der Waals surface area contributed by atoms with Gasteiger partial charge >= 0.3 is 0 Å². The highest BCUT2D eigenvalue weighted by Gasteiger charge is 2.22. The molecule has 4 nitrogen and oxygen atoms in total. The maximum atomic E-state index is 11.2. The highest BCUT2D eigenvalue weighted by molar-refractivity contribution is 5.92. The van der Waals surface area contributed by atoms with Gasteiger partial charge in [0.05, 0.1) is 5.69 Å². The molecule has 2 heterocycles. The quantitative estimate of drug-likeness (QED) is 0.670. The molecule has 0 aliphatic carbocycles. The van der Waals surface area contributed by atoms with Crippen molar-refractivity contribution in [2.75, 3.05) is 6.61 Å². The summed E-state index contributed by atoms with van der Waals surface area (Å²) in [7, 11) is 1.79. The molecular weight excluding hydrogens is 180 g/mol. The van der Waals surface area contributed by atoms with Gasteiger partial charge in [0.15, 0.2) is 5.78 Å². The van der Waals surface area contributed by atoms with E-state index in [-0.39, 0.29) is 11.9 Å². The molecule has 0 aromatic carbocycles. The number of ketones is 1. The largest absolute Gasteiger partial charge is 0.372 e. The van der Waals surface area contributed by atoms with E-state index in [0.29, 0.717) is 5.69 Å². The van der Waals surface area contributed by atoms with E-state index >= 15 is 0 Å². The van der Waals surface area contributed by atoms with Crippen molar-refractivity contribution in [2.45, 2.75) is 25.9 Å². The van der Waals surface area contributed by atoms with E-state index in [1.54, 1.807) is 18.7 Å². The van der Waals surface area contributed by atoms with Crippen LogP contribution in [0.15, 0.2) is 6.07 Å². The summed E-state index contributed by atoms with van der Waals surface area (Å²) in [5.74, 6) is 0.0456. The SMILES string of the molecule is CC(=O)c1cc(C2CCCO2)nn1C. The van der Waals surface area contributed by atoms with Crippen molar-refractivity contribution in [2.24, 2.45) is 7.05 Å². The highest BCUT2D eigenvalue weighted by Crippen LogP contribution is 2.27. The van der Waals surface area contributed by atoms with Gasteiger partial charge in [0.25, 0.3) is 0 Å². The molecule has 14 heavy (non-hydrogen) atoms. The minimum absolute atomic E-state index is 0.0456. The molecule has 0 radical (unpaired) electrons. The minimum atomic E-state index is 0.0456. The molecule has 1 aromatic heterocycles. The monoisotopic (exact) mass is 194 g/mol. The molecule has 1 aliphatic rings. The lowest BCUT2D eigenvalue weighted by Crippen LogP contribution is -2.02. The Bertz CT molecular complexity index is 351. The van der Waals surface area contributed by atoms with Gasteiger partial charge in [-0.05, 0) is 18.9 Å². The Morgan fingerprint density at radius 1 is 1.71 bits per heavy atom. The molecule has 1 aromatic rings. The Balaban J connectivity index is 2.27. The van der Waals surface area contributed by atoms with Gasteiger partial charge < -0.3 is 4.74 Å². The normalized spacial score (nSPS) is 21.4. The third kappa shape index (κ3) is 1.57. The molecule has 1 aliphatic heterocycles. The van der Waals surface area contributed by atoms with Crippen LogP contribution < -0.4 is 0 Å². The van der Waals surface area contributed by atoms with Crippen molar-refractivity contribution >= 4 is 5.78 Å². The lowest BCUT2D eigenvalue weighted by Gasteiger charge is -2.03. The smallest absolute Gasteiger partial charge is 0.177 e. The van der Waals surface area contributed by atoms with Crippen molar-refractivity contribution in [3.63, 3.8) is 0 Å². The van der Waals surface area contributed by atoms with Crippen LogP contribution in [0, 0.1) is 0 Å². The molecule has 0 spiro atoms. The molecule has 1 saturated heterocycles. The molecule has 0 amide bonds. The van der Waals surface area contributed by atoms with E-state index in [1.807, 2.05) is 6.07 Å². The zero-order valence-corrected chi connectivity index (χ0v) is 8.49. The molecule has 0 N–H and O–H groups in total. The maximum Gasteiger partial charge on any atom is 0.177 e. The Morgan fingerprint density at radius 3 is 3.00 bits per heavy atom. The van der Waals surface area contributed by atoms with Crippen LogP contribution in [0.3, 0.4) is 0 Å². The van der Waals surface area contributed by atoms with Crippen molar-refractivity contribution in [1.82, 2.24) is 9.78 Å². The average Bonchev–Trinajstić information content (AvgIpc) is 2.70. The standard InChI is InChI=1S/C10H14N2O2/c1-7(13)9-6-8(11-12(9)2)10-4-3-5-14-10/h6,10H,3-5H2,1-2H3. The zero-order valence-electron chi connectivity index (χ0n) is 8.49. The van der Waals surface area contributed by atoms with Gasteiger partial charge in [-0.15, -0.1) is 0 Å². The zero-order chi connectivity index (χ0) is 10.1. The van der Waals surface area contributed by atoms with Crippen LogP contribution in [0.1, 0.15) is 42.1 Å². The molecule has 1 atom stereocenters. The first-order valence-corrected chi connectivity index (χ1v) is 4.85. The second-order valence-electron chi connectivity index (χ2n) is 3.64. The summed E-state index contributed by atoms with van der Waals surface area (Å²) in [6, 6.07) is 1.83. The summed E-state index contributed by atoms with van der Waals surface area (Å²) >= 11 is 0. The van der Waals surface area contributed by atoms with E-state index in [4.69, 9.17) is 4.74 Å². The van der Waals surface area contributed by atoms with E-state index in [2.05, 4.69) is 5.10 Å². The van der Waals surface area contributed by atoms with Gasteiger partial charge in [-0.25, -0.2) is 0 Å². The second-order valence-corrected chi connectivity index (χ2v) is 3.64. The molecule has 4 heteroatoms. The van der Waals surface area contributed by atoms with E-state index < -0.39 is 0 Å².